The van der Waals surface area contributed by atoms with Gasteiger partial charge in [0.25, 0.3) is 5.91 Å². The minimum absolute atomic E-state index is 0.111. The third-order valence-electron chi connectivity index (χ3n) is 4.64. The molecule has 0 bridgehead atoms. The Labute approximate surface area is 166 Å². The van der Waals surface area contributed by atoms with Crippen LogP contribution in [0.2, 0.25) is 0 Å². The molecular weight excluding hydrogens is 348 g/mol. The Balaban J connectivity index is 1.68. The molecule has 3 aromatic rings. The van der Waals surface area contributed by atoms with Crippen LogP contribution in [0, 0.1) is 13.8 Å². The normalized spacial score (nSPS) is 11.2. The van der Waals surface area contributed by atoms with E-state index in [4.69, 9.17) is 0 Å². The summed E-state index contributed by atoms with van der Waals surface area (Å²) >= 11 is 0. The zero-order valence-corrected chi connectivity index (χ0v) is 17.0. The van der Waals surface area contributed by atoms with Crippen LogP contribution in [0.15, 0.2) is 54.9 Å². The molecule has 0 radical (unpaired) electrons. The molecule has 5 heteroatoms. The zero-order chi connectivity index (χ0) is 20.3. The molecule has 0 saturated carbocycles. The molecule has 5 nitrogen and oxygen atoms in total. The van der Waals surface area contributed by atoms with Gasteiger partial charge in [0, 0.05) is 23.8 Å². The van der Waals surface area contributed by atoms with Crippen molar-refractivity contribution >= 4 is 23.2 Å². The number of benzene rings is 2. The van der Waals surface area contributed by atoms with Crippen molar-refractivity contribution in [3.8, 4) is 0 Å². The lowest BCUT2D eigenvalue weighted by atomic mass is 9.87. The first-order valence-corrected chi connectivity index (χ1v) is 9.31. The molecule has 28 heavy (non-hydrogen) atoms. The number of hydrogen-bond acceptors (Lipinski definition) is 4. The third kappa shape index (κ3) is 4.55. The Morgan fingerprint density at radius 1 is 0.893 bits per heavy atom. The largest absolute Gasteiger partial charge is 0.324 e. The van der Waals surface area contributed by atoms with Crippen LogP contribution in [-0.4, -0.2) is 15.9 Å². The third-order valence-corrected chi connectivity index (χ3v) is 4.64. The number of hydrogen-bond donors (Lipinski definition) is 2. The van der Waals surface area contributed by atoms with E-state index >= 15 is 0 Å². The van der Waals surface area contributed by atoms with Crippen LogP contribution in [0.1, 0.15) is 47.8 Å². The number of nitrogens with zero attached hydrogens (tertiary/aromatic N) is 2. The minimum atomic E-state index is -0.224. The predicted molar refractivity (Wildman–Crippen MR) is 114 cm³/mol. The Kier molecular flexibility index (Phi) is 5.45. The fourth-order valence-corrected chi connectivity index (χ4v) is 2.89. The second kappa shape index (κ2) is 7.80. The summed E-state index contributed by atoms with van der Waals surface area (Å²) in [6, 6.07) is 14.1. The number of aromatic nitrogens is 2. The Morgan fingerprint density at radius 2 is 1.46 bits per heavy atom. The molecule has 2 aromatic carbocycles. The van der Waals surface area contributed by atoms with Crippen LogP contribution in [0.3, 0.4) is 0 Å². The fourth-order valence-electron chi connectivity index (χ4n) is 2.89. The van der Waals surface area contributed by atoms with Gasteiger partial charge in [-0.25, -0.2) is 9.97 Å². The van der Waals surface area contributed by atoms with Crippen molar-refractivity contribution in [2.75, 3.05) is 10.6 Å². The maximum absolute atomic E-state index is 12.5. The van der Waals surface area contributed by atoms with E-state index in [2.05, 4.69) is 53.5 Å². The molecule has 0 aliphatic heterocycles. The van der Waals surface area contributed by atoms with Gasteiger partial charge in [0.15, 0.2) is 0 Å². The number of carbonyl (C=O) groups excluding carboxylic acids is 1. The second-order valence-corrected chi connectivity index (χ2v) is 7.97. The molecule has 2 N–H and O–H groups in total. The molecule has 1 amide bonds. The summed E-state index contributed by atoms with van der Waals surface area (Å²) in [6.07, 6.45) is 3.06. The van der Waals surface area contributed by atoms with Crippen molar-refractivity contribution in [2.45, 2.75) is 40.0 Å². The molecule has 3 rings (SSSR count). The maximum Gasteiger partial charge on any atom is 0.258 e. The number of amides is 1. The zero-order valence-electron chi connectivity index (χ0n) is 17.0. The predicted octanol–water partition coefficient (Wildman–Crippen LogP) is 5.39. The summed E-state index contributed by atoms with van der Waals surface area (Å²) in [5.41, 5.74) is 5.56. The van der Waals surface area contributed by atoms with E-state index in [9.17, 15) is 4.79 Å². The number of aryl methyl sites for hydroxylation is 2. The number of nitrogens with one attached hydrogen (secondary N) is 2. The average molecular weight is 374 g/mol. The van der Waals surface area contributed by atoms with Gasteiger partial charge in [-0.3, -0.25) is 4.79 Å². The first-order chi connectivity index (χ1) is 13.2. The van der Waals surface area contributed by atoms with Crippen molar-refractivity contribution in [2.24, 2.45) is 0 Å². The first-order valence-electron chi connectivity index (χ1n) is 9.31. The van der Waals surface area contributed by atoms with E-state index < -0.39 is 0 Å². The number of para-hydroxylation sites is 1. The van der Waals surface area contributed by atoms with Crippen LogP contribution in [0.5, 0.6) is 0 Å². The quantitative estimate of drug-likeness (QED) is 0.643. The average Bonchev–Trinajstić information content (AvgIpc) is 2.65. The monoisotopic (exact) mass is 374 g/mol. The molecule has 1 heterocycles. The van der Waals surface area contributed by atoms with E-state index in [1.165, 1.54) is 18.0 Å². The van der Waals surface area contributed by atoms with Gasteiger partial charge in [-0.1, -0.05) is 51.1 Å². The van der Waals surface area contributed by atoms with Crippen LogP contribution in [0.25, 0.3) is 0 Å². The van der Waals surface area contributed by atoms with E-state index in [1.807, 2.05) is 44.2 Å². The van der Waals surface area contributed by atoms with E-state index in [-0.39, 0.29) is 11.3 Å². The van der Waals surface area contributed by atoms with E-state index in [1.54, 1.807) is 0 Å². The summed E-state index contributed by atoms with van der Waals surface area (Å²) in [7, 11) is 0. The van der Waals surface area contributed by atoms with Gasteiger partial charge >= 0.3 is 0 Å². The fraction of sp³-hybridized carbons (Fsp3) is 0.261. The van der Waals surface area contributed by atoms with Crippen LogP contribution in [-0.2, 0) is 5.41 Å². The summed E-state index contributed by atoms with van der Waals surface area (Å²) in [4.78, 5) is 21.0. The highest BCUT2D eigenvalue weighted by atomic mass is 16.1. The molecular formula is C23H26N4O. The highest BCUT2D eigenvalue weighted by Crippen LogP contribution is 2.24. The van der Waals surface area contributed by atoms with Gasteiger partial charge < -0.3 is 10.6 Å². The Bertz CT molecular complexity index is 951. The highest BCUT2D eigenvalue weighted by molar-refractivity contribution is 6.04. The lowest BCUT2D eigenvalue weighted by molar-refractivity contribution is 0.102. The molecule has 1 aromatic heterocycles. The summed E-state index contributed by atoms with van der Waals surface area (Å²) in [5.74, 6) is 0.227. The molecule has 0 unspecified atom stereocenters. The maximum atomic E-state index is 12.5. The smallest absolute Gasteiger partial charge is 0.258 e. The van der Waals surface area contributed by atoms with Crippen molar-refractivity contribution in [1.29, 1.82) is 0 Å². The van der Waals surface area contributed by atoms with Crippen LogP contribution < -0.4 is 10.6 Å². The van der Waals surface area contributed by atoms with Gasteiger partial charge in [0.2, 0.25) is 5.95 Å². The summed E-state index contributed by atoms with van der Waals surface area (Å²) in [6.45, 7) is 10.5. The lowest BCUT2D eigenvalue weighted by Gasteiger charge is -2.19. The van der Waals surface area contributed by atoms with Crippen molar-refractivity contribution in [1.82, 2.24) is 9.97 Å². The van der Waals surface area contributed by atoms with Crippen molar-refractivity contribution in [3.05, 3.63) is 77.1 Å². The topological polar surface area (TPSA) is 66.9 Å². The van der Waals surface area contributed by atoms with Gasteiger partial charge in [-0.2, -0.15) is 0 Å². The lowest BCUT2D eigenvalue weighted by Crippen LogP contribution is -2.14. The molecule has 144 valence electrons. The second-order valence-electron chi connectivity index (χ2n) is 7.97. The first kappa shape index (κ1) is 19.5. The number of rotatable bonds is 4. The molecule has 0 fully saturated rings. The minimum Gasteiger partial charge on any atom is -0.324 e. The number of carbonyl (C=O) groups is 1. The van der Waals surface area contributed by atoms with Crippen molar-refractivity contribution in [3.63, 3.8) is 0 Å². The molecule has 0 aliphatic carbocycles. The van der Waals surface area contributed by atoms with Gasteiger partial charge in [0.1, 0.15) is 0 Å². The molecule has 0 atom stereocenters. The van der Waals surface area contributed by atoms with E-state index in [0.717, 1.165) is 22.5 Å². The van der Waals surface area contributed by atoms with Crippen molar-refractivity contribution < 1.29 is 4.79 Å². The van der Waals surface area contributed by atoms with Crippen LogP contribution >= 0.6 is 0 Å². The summed E-state index contributed by atoms with van der Waals surface area (Å²) in [5, 5.41) is 6.11. The van der Waals surface area contributed by atoms with Gasteiger partial charge in [-0.15, -0.1) is 0 Å². The van der Waals surface area contributed by atoms with Gasteiger partial charge in [-0.05, 0) is 48.1 Å². The van der Waals surface area contributed by atoms with Crippen LogP contribution in [0.4, 0.5) is 17.3 Å². The molecule has 0 aliphatic rings. The molecule has 0 spiro atoms. The standard InChI is InChI=1S/C23H26N4O/c1-15-7-6-8-16(2)20(15)27-21(28)17-13-24-22(25-14-17)26-19-11-9-18(10-12-19)23(3,4)5/h6-14H,1-5H3,(H,27,28)(H,24,25,26). The van der Waals surface area contributed by atoms with E-state index in [0.29, 0.717) is 11.5 Å². The Morgan fingerprint density at radius 3 is 2.00 bits per heavy atom. The van der Waals surface area contributed by atoms with Gasteiger partial charge in [0.05, 0.1) is 5.56 Å². The Hall–Kier alpha value is -3.21. The molecule has 0 saturated heterocycles. The summed E-state index contributed by atoms with van der Waals surface area (Å²) < 4.78 is 0. The number of anilines is 3. The SMILES string of the molecule is Cc1cccc(C)c1NC(=O)c1cnc(Nc2ccc(C(C)(C)C)cc2)nc1. The highest BCUT2D eigenvalue weighted by Gasteiger charge is 2.13.